The molecule has 5 heteroatoms. The largest absolute Gasteiger partial charge is 0.278 e. The predicted octanol–water partition coefficient (Wildman–Crippen LogP) is 12.0. The molecule has 54 heavy (non-hydrogen) atoms. The van der Waals surface area contributed by atoms with Crippen LogP contribution in [0.25, 0.3) is 94.6 Å². The first-order valence-electron chi connectivity index (χ1n) is 18.4. The first-order valence-corrected chi connectivity index (χ1v) is 18.4. The van der Waals surface area contributed by atoms with Crippen LogP contribution in [-0.2, 0) is 5.41 Å². The second-order valence-electron chi connectivity index (χ2n) is 14.7. The normalized spacial score (nSPS) is 13.1. The third-order valence-corrected chi connectivity index (χ3v) is 11.2. The highest BCUT2D eigenvalue weighted by atomic mass is 15.2. The average Bonchev–Trinajstić information content (AvgIpc) is 3.67. The zero-order chi connectivity index (χ0) is 36.0. The molecule has 0 unspecified atom stereocenters. The fourth-order valence-corrected chi connectivity index (χ4v) is 8.60. The molecule has 7 aromatic carbocycles. The zero-order valence-electron chi connectivity index (χ0n) is 29.8. The monoisotopic (exact) mass is 691 g/mol. The van der Waals surface area contributed by atoms with Crippen molar-refractivity contribution < 1.29 is 0 Å². The predicted molar refractivity (Wildman–Crippen MR) is 221 cm³/mol. The highest BCUT2D eigenvalue weighted by molar-refractivity contribution is 6.15. The lowest BCUT2D eigenvalue weighted by atomic mass is 9.82. The number of hydrogen-bond donors (Lipinski definition) is 0. The van der Waals surface area contributed by atoms with Crippen LogP contribution in [0, 0.1) is 0 Å². The summed E-state index contributed by atoms with van der Waals surface area (Å²) in [5.74, 6) is 1.84. The van der Waals surface area contributed by atoms with E-state index in [4.69, 9.17) is 19.9 Å². The highest BCUT2D eigenvalue weighted by Gasteiger charge is 2.36. The number of benzene rings is 7. The van der Waals surface area contributed by atoms with Crippen molar-refractivity contribution in [2.75, 3.05) is 0 Å². The first-order chi connectivity index (χ1) is 26.5. The van der Waals surface area contributed by atoms with Gasteiger partial charge in [0.15, 0.2) is 11.6 Å². The fourth-order valence-electron chi connectivity index (χ4n) is 8.60. The average molecular weight is 692 g/mol. The van der Waals surface area contributed by atoms with Crippen molar-refractivity contribution in [3.8, 4) is 51.1 Å². The van der Waals surface area contributed by atoms with E-state index >= 15 is 0 Å². The van der Waals surface area contributed by atoms with Crippen LogP contribution in [0.2, 0.25) is 0 Å². The number of para-hydroxylation sites is 1. The molecule has 0 N–H and O–H groups in total. The second-order valence-corrected chi connectivity index (χ2v) is 14.7. The molecular weight excluding hydrogens is 659 g/mol. The Morgan fingerprint density at radius 2 is 1.02 bits per heavy atom. The Kier molecular flexibility index (Phi) is 6.53. The molecule has 0 spiro atoms. The molecule has 0 saturated carbocycles. The molecule has 0 atom stereocenters. The van der Waals surface area contributed by atoms with E-state index in [9.17, 15) is 0 Å². The minimum atomic E-state index is -0.177. The number of rotatable bonds is 4. The van der Waals surface area contributed by atoms with Crippen molar-refractivity contribution in [3.05, 3.63) is 175 Å². The maximum Gasteiger partial charge on any atom is 0.238 e. The summed E-state index contributed by atoms with van der Waals surface area (Å²) >= 11 is 0. The Balaban J connectivity index is 1.24. The summed E-state index contributed by atoms with van der Waals surface area (Å²) in [6.07, 6.45) is 0. The van der Waals surface area contributed by atoms with E-state index in [0.29, 0.717) is 17.6 Å². The second kappa shape index (κ2) is 11.5. The van der Waals surface area contributed by atoms with Crippen LogP contribution < -0.4 is 0 Å². The number of hydrogen-bond acceptors (Lipinski definition) is 4. The van der Waals surface area contributed by atoms with Gasteiger partial charge in [0, 0.05) is 43.7 Å². The quantitative estimate of drug-likeness (QED) is 0.172. The van der Waals surface area contributed by atoms with Crippen LogP contribution in [0.5, 0.6) is 0 Å². The lowest BCUT2D eigenvalue weighted by Gasteiger charge is -2.21. The Morgan fingerprint density at radius 1 is 0.407 bits per heavy atom. The van der Waals surface area contributed by atoms with Gasteiger partial charge >= 0.3 is 0 Å². The maximum absolute atomic E-state index is 5.28. The first kappa shape index (κ1) is 30.6. The van der Waals surface area contributed by atoms with Gasteiger partial charge in [-0.15, -0.1) is 0 Å². The molecule has 0 saturated heterocycles. The topological polar surface area (TPSA) is 56.5 Å². The minimum absolute atomic E-state index is 0.177. The summed E-state index contributed by atoms with van der Waals surface area (Å²) in [6, 6.07) is 57.7. The third-order valence-electron chi connectivity index (χ3n) is 11.2. The van der Waals surface area contributed by atoms with E-state index in [1.165, 1.54) is 27.6 Å². The fraction of sp³-hybridized carbons (Fsp3) is 0.0612. The Bertz CT molecular complexity index is 3070. The molecule has 3 heterocycles. The number of aromatic nitrogens is 5. The molecule has 254 valence electrons. The molecule has 0 aliphatic heterocycles. The molecule has 0 bridgehead atoms. The summed E-state index contributed by atoms with van der Waals surface area (Å²) < 4.78 is 2.24. The van der Waals surface area contributed by atoms with Gasteiger partial charge in [0.1, 0.15) is 0 Å². The summed E-state index contributed by atoms with van der Waals surface area (Å²) in [4.78, 5) is 20.7. The Morgan fingerprint density at radius 3 is 1.76 bits per heavy atom. The van der Waals surface area contributed by atoms with E-state index in [1.54, 1.807) is 0 Å². The van der Waals surface area contributed by atoms with E-state index in [0.717, 1.165) is 60.5 Å². The third kappa shape index (κ3) is 4.51. The summed E-state index contributed by atoms with van der Waals surface area (Å²) in [6.45, 7) is 4.66. The van der Waals surface area contributed by atoms with Crippen LogP contribution in [0.3, 0.4) is 0 Å². The van der Waals surface area contributed by atoms with Crippen LogP contribution in [0.1, 0.15) is 25.0 Å². The number of nitrogens with zero attached hydrogens (tertiary/aromatic N) is 5. The lowest BCUT2D eigenvalue weighted by Crippen LogP contribution is -2.15. The van der Waals surface area contributed by atoms with Gasteiger partial charge < -0.3 is 0 Å². The lowest BCUT2D eigenvalue weighted by molar-refractivity contribution is 0.661. The van der Waals surface area contributed by atoms with Gasteiger partial charge in [0.25, 0.3) is 0 Å². The summed E-state index contributed by atoms with van der Waals surface area (Å²) in [5, 5.41) is 5.75. The Hall–Kier alpha value is -6.98. The molecule has 3 aromatic heterocycles. The van der Waals surface area contributed by atoms with Gasteiger partial charge in [0.2, 0.25) is 5.95 Å². The van der Waals surface area contributed by atoms with Crippen molar-refractivity contribution in [2.45, 2.75) is 19.3 Å². The van der Waals surface area contributed by atoms with Gasteiger partial charge in [-0.2, -0.15) is 9.97 Å². The van der Waals surface area contributed by atoms with Crippen molar-refractivity contribution in [1.82, 2.24) is 24.5 Å². The summed E-state index contributed by atoms with van der Waals surface area (Å²) in [7, 11) is 0. The molecule has 1 aliphatic rings. The van der Waals surface area contributed by atoms with E-state index < -0.39 is 0 Å². The van der Waals surface area contributed by atoms with Gasteiger partial charge in [0.05, 0.1) is 22.2 Å². The van der Waals surface area contributed by atoms with E-state index in [-0.39, 0.29) is 5.41 Å². The molecule has 11 rings (SSSR count). The van der Waals surface area contributed by atoms with E-state index in [2.05, 4.69) is 146 Å². The van der Waals surface area contributed by atoms with Gasteiger partial charge in [-0.05, 0) is 58.0 Å². The van der Waals surface area contributed by atoms with Crippen molar-refractivity contribution >= 4 is 43.5 Å². The maximum atomic E-state index is 5.28. The standard InChI is InChI=1S/C49H33N5/c1-49(2)40-23-13-11-20-34(40)37-28-39-38-27-32(45-36-22-10-9-19-33(36)35-21-12-14-24-42(35)50-45)25-26-43(38)54(44(39)29-41(37)49)48-52-46(30-15-5-3-6-16-30)51-47(53-48)31-17-7-4-8-18-31/h3-29H,1-2H3. The smallest absolute Gasteiger partial charge is 0.238 e. The number of pyridine rings is 1. The van der Waals surface area contributed by atoms with Gasteiger partial charge in [-0.3, -0.25) is 4.57 Å². The number of fused-ring (bicyclic) bond motifs is 9. The minimum Gasteiger partial charge on any atom is -0.278 e. The van der Waals surface area contributed by atoms with Crippen molar-refractivity contribution in [1.29, 1.82) is 0 Å². The van der Waals surface area contributed by atoms with E-state index in [1.807, 2.05) is 36.4 Å². The SMILES string of the molecule is CC1(C)c2ccccc2-c2cc3c4cc(-c5nc6ccccc6c6ccccc56)ccc4n(-c4nc(-c5ccccc5)nc(-c5ccccc5)n4)c3cc21. The van der Waals surface area contributed by atoms with Crippen LogP contribution in [0.4, 0.5) is 0 Å². The van der Waals surface area contributed by atoms with Crippen molar-refractivity contribution in [3.63, 3.8) is 0 Å². The molecular formula is C49H33N5. The molecule has 10 aromatic rings. The Labute approximate surface area is 312 Å². The van der Waals surface area contributed by atoms with Crippen LogP contribution in [-0.4, -0.2) is 24.5 Å². The molecule has 0 radical (unpaired) electrons. The van der Waals surface area contributed by atoms with Crippen LogP contribution in [0.15, 0.2) is 164 Å². The van der Waals surface area contributed by atoms with Crippen LogP contribution >= 0.6 is 0 Å². The van der Waals surface area contributed by atoms with Crippen molar-refractivity contribution in [2.24, 2.45) is 0 Å². The molecule has 1 aliphatic carbocycles. The molecule has 0 fully saturated rings. The zero-order valence-corrected chi connectivity index (χ0v) is 29.8. The molecule has 5 nitrogen and oxygen atoms in total. The molecule has 0 amide bonds. The van der Waals surface area contributed by atoms with Gasteiger partial charge in [-0.1, -0.05) is 147 Å². The van der Waals surface area contributed by atoms with Gasteiger partial charge in [-0.25, -0.2) is 9.97 Å². The summed E-state index contributed by atoms with van der Waals surface area (Å²) in [5.41, 5.74) is 12.0. The highest BCUT2D eigenvalue weighted by Crippen LogP contribution is 2.51.